The van der Waals surface area contributed by atoms with Crippen molar-refractivity contribution in [2.75, 3.05) is 13.7 Å². The monoisotopic (exact) mass is 374 g/mol. The van der Waals surface area contributed by atoms with E-state index in [1.165, 1.54) is 56.9 Å². The van der Waals surface area contributed by atoms with E-state index in [2.05, 4.69) is 27.4 Å². The number of fused-ring (bicyclic) bond motifs is 5. The Labute approximate surface area is 167 Å². The number of hydrogen-bond acceptors (Lipinski definition) is 2. The average Bonchev–Trinajstić information content (AvgIpc) is 2.98. The smallest absolute Gasteiger partial charge is 0.0882 e. The van der Waals surface area contributed by atoms with Gasteiger partial charge in [-0.05, 0) is 112 Å². The van der Waals surface area contributed by atoms with Crippen LogP contribution in [0.5, 0.6) is 0 Å². The fraction of sp³-hybridized carbons (Fsp3) is 0.920. The summed E-state index contributed by atoms with van der Waals surface area (Å²) >= 11 is 0. The highest BCUT2D eigenvalue weighted by molar-refractivity contribution is 5.17. The van der Waals surface area contributed by atoms with Gasteiger partial charge in [0.25, 0.3) is 0 Å². The summed E-state index contributed by atoms with van der Waals surface area (Å²) < 4.78 is 5.37. The van der Waals surface area contributed by atoms with E-state index in [9.17, 15) is 5.11 Å². The molecule has 1 unspecified atom stereocenters. The van der Waals surface area contributed by atoms with Gasteiger partial charge in [-0.25, -0.2) is 0 Å². The van der Waals surface area contributed by atoms with Crippen molar-refractivity contribution in [2.24, 2.45) is 40.4 Å². The molecule has 2 nitrogen and oxygen atoms in total. The first-order valence-electron chi connectivity index (χ1n) is 11.7. The van der Waals surface area contributed by atoms with E-state index in [1.807, 2.05) is 0 Å². The molecular formula is C25H42O2. The van der Waals surface area contributed by atoms with Crippen LogP contribution in [0.3, 0.4) is 0 Å². The van der Waals surface area contributed by atoms with Crippen LogP contribution in [0.15, 0.2) is 12.2 Å². The first kappa shape index (κ1) is 20.0. The molecule has 0 aliphatic heterocycles. The molecule has 0 aromatic heterocycles. The molecule has 4 aliphatic carbocycles. The van der Waals surface area contributed by atoms with Crippen LogP contribution in [0.25, 0.3) is 0 Å². The van der Waals surface area contributed by atoms with Gasteiger partial charge >= 0.3 is 0 Å². The molecule has 4 rings (SSSR count). The Bertz CT molecular complexity index is 585. The Morgan fingerprint density at radius 2 is 1.78 bits per heavy atom. The van der Waals surface area contributed by atoms with Crippen molar-refractivity contribution in [2.45, 2.75) is 90.6 Å². The Balaban J connectivity index is 1.61. The van der Waals surface area contributed by atoms with Crippen LogP contribution in [0.4, 0.5) is 0 Å². The van der Waals surface area contributed by atoms with Crippen molar-refractivity contribution < 1.29 is 9.84 Å². The molecule has 0 amide bonds. The Morgan fingerprint density at radius 1 is 1.04 bits per heavy atom. The van der Waals surface area contributed by atoms with Crippen LogP contribution in [0.2, 0.25) is 0 Å². The summed E-state index contributed by atoms with van der Waals surface area (Å²) in [5, 5.41) is 11.0. The Kier molecular flexibility index (Phi) is 5.08. The van der Waals surface area contributed by atoms with Gasteiger partial charge < -0.3 is 9.84 Å². The fourth-order valence-corrected chi connectivity index (χ4v) is 9.08. The van der Waals surface area contributed by atoms with Gasteiger partial charge in [-0.1, -0.05) is 26.0 Å². The SMILES string of the molecule is C=C(C)[C@H]1CCC2[C@@H]3CC[C@@H]4C[C@@](O)(COC)CC[C@@H]4[C@@]3(CC)CC[C@@]21C. The van der Waals surface area contributed by atoms with Gasteiger partial charge in [-0.3, -0.25) is 0 Å². The quantitative estimate of drug-likeness (QED) is 0.613. The predicted molar refractivity (Wildman–Crippen MR) is 111 cm³/mol. The predicted octanol–water partition coefficient (Wildman–Crippen LogP) is 5.99. The minimum Gasteiger partial charge on any atom is -0.387 e. The standard InChI is InChI=1S/C25H42O2/c1-6-25-14-13-23(4)19(17(2)3)9-10-21(23)22(25)8-7-18-15-24(26,16-27-5)12-11-20(18)25/h18-22,26H,2,6-16H2,1,3-5H3/t18-,19-,20+,21?,22+,23-,24-,25-/m1/s1. The molecule has 0 aromatic rings. The number of ether oxygens (including phenoxy) is 1. The van der Waals surface area contributed by atoms with Gasteiger partial charge in [-0.2, -0.15) is 0 Å². The third-order valence-electron chi connectivity index (χ3n) is 10.1. The molecule has 0 heterocycles. The lowest BCUT2D eigenvalue weighted by atomic mass is 9.41. The average molecular weight is 375 g/mol. The highest BCUT2D eigenvalue weighted by Gasteiger charge is 2.63. The molecule has 4 aliphatic rings. The molecular weight excluding hydrogens is 332 g/mol. The molecule has 8 atom stereocenters. The molecule has 1 N–H and O–H groups in total. The number of aliphatic hydroxyl groups is 1. The summed E-state index contributed by atoms with van der Waals surface area (Å²) in [6.07, 6.45) is 12.8. The lowest BCUT2D eigenvalue weighted by molar-refractivity contribution is -0.167. The molecule has 154 valence electrons. The number of allylic oxidation sites excluding steroid dienone is 1. The van der Waals surface area contributed by atoms with E-state index in [1.54, 1.807) is 7.11 Å². The van der Waals surface area contributed by atoms with Crippen LogP contribution in [0.1, 0.15) is 85.0 Å². The molecule has 0 aromatic carbocycles. The van der Waals surface area contributed by atoms with E-state index in [0.717, 1.165) is 36.5 Å². The number of methoxy groups -OCH3 is 1. The van der Waals surface area contributed by atoms with Gasteiger partial charge in [0.1, 0.15) is 0 Å². The summed E-state index contributed by atoms with van der Waals surface area (Å²) in [5.74, 6) is 4.08. The van der Waals surface area contributed by atoms with E-state index < -0.39 is 5.60 Å². The van der Waals surface area contributed by atoms with Gasteiger partial charge in [-0.15, -0.1) is 0 Å². The highest BCUT2D eigenvalue weighted by atomic mass is 16.5. The van der Waals surface area contributed by atoms with Crippen LogP contribution in [-0.4, -0.2) is 24.4 Å². The Morgan fingerprint density at radius 3 is 2.44 bits per heavy atom. The minimum atomic E-state index is -0.570. The van der Waals surface area contributed by atoms with Crippen LogP contribution < -0.4 is 0 Å². The van der Waals surface area contributed by atoms with Crippen molar-refractivity contribution >= 4 is 0 Å². The molecule has 0 saturated heterocycles. The summed E-state index contributed by atoms with van der Waals surface area (Å²) in [4.78, 5) is 0. The van der Waals surface area contributed by atoms with Gasteiger partial charge in [0.15, 0.2) is 0 Å². The maximum Gasteiger partial charge on any atom is 0.0882 e. The Hall–Kier alpha value is -0.340. The van der Waals surface area contributed by atoms with Crippen LogP contribution in [0, 0.1) is 40.4 Å². The zero-order valence-corrected chi connectivity index (χ0v) is 18.2. The molecule has 0 spiro atoms. The van der Waals surface area contributed by atoms with Crippen molar-refractivity contribution in [3.05, 3.63) is 12.2 Å². The molecule has 4 saturated carbocycles. The summed E-state index contributed by atoms with van der Waals surface area (Å²) in [6.45, 7) is 12.2. The lowest BCUT2D eigenvalue weighted by Crippen LogP contribution is -2.57. The summed E-state index contributed by atoms with van der Waals surface area (Å²) in [5.41, 5.74) is 1.89. The van der Waals surface area contributed by atoms with E-state index >= 15 is 0 Å². The second kappa shape index (κ2) is 6.87. The van der Waals surface area contributed by atoms with Crippen molar-refractivity contribution in [3.63, 3.8) is 0 Å². The third-order valence-corrected chi connectivity index (χ3v) is 10.1. The maximum absolute atomic E-state index is 11.0. The normalized spacial score (nSPS) is 52.0. The van der Waals surface area contributed by atoms with Gasteiger partial charge in [0.05, 0.1) is 12.2 Å². The van der Waals surface area contributed by atoms with E-state index in [-0.39, 0.29) is 0 Å². The maximum atomic E-state index is 11.0. The summed E-state index contributed by atoms with van der Waals surface area (Å²) in [6, 6.07) is 0. The van der Waals surface area contributed by atoms with E-state index in [4.69, 9.17) is 4.74 Å². The second-order valence-corrected chi connectivity index (χ2v) is 11.1. The lowest BCUT2D eigenvalue weighted by Gasteiger charge is -2.64. The third kappa shape index (κ3) is 2.88. The topological polar surface area (TPSA) is 29.5 Å². The van der Waals surface area contributed by atoms with Crippen molar-refractivity contribution in [1.82, 2.24) is 0 Å². The zero-order valence-electron chi connectivity index (χ0n) is 18.2. The molecule has 27 heavy (non-hydrogen) atoms. The van der Waals surface area contributed by atoms with Gasteiger partial charge in [0.2, 0.25) is 0 Å². The van der Waals surface area contributed by atoms with Gasteiger partial charge in [0, 0.05) is 7.11 Å². The van der Waals surface area contributed by atoms with Crippen molar-refractivity contribution in [1.29, 1.82) is 0 Å². The minimum absolute atomic E-state index is 0.494. The first-order chi connectivity index (χ1) is 12.8. The second-order valence-electron chi connectivity index (χ2n) is 11.1. The highest BCUT2D eigenvalue weighted by Crippen LogP contribution is 2.70. The van der Waals surface area contributed by atoms with Crippen molar-refractivity contribution in [3.8, 4) is 0 Å². The molecule has 0 bridgehead atoms. The fourth-order valence-electron chi connectivity index (χ4n) is 9.08. The molecule has 0 radical (unpaired) electrons. The van der Waals surface area contributed by atoms with E-state index in [0.29, 0.717) is 23.4 Å². The zero-order chi connectivity index (χ0) is 19.4. The largest absolute Gasteiger partial charge is 0.387 e. The number of hydrogen-bond donors (Lipinski definition) is 1. The molecule has 4 fully saturated rings. The summed E-state index contributed by atoms with van der Waals surface area (Å²) in [7, 11) is 1.73. The number of rotatable bonds is 4. The van der Waals surface area contributed by atoms with Crippen LogP contribution in [-0.2, 0) is 4.74 Å². The first-order valence-corrected chi connectivity index (χ1v) is 11.7. The molecule has 2 heteroatoms. The van der Waals surface area contributed by atoms with Crippen LogP contribution >= 0.6 is 0 Å².